The second kappa shape index (κ2) is 6.40. The van der Waals surface area contributed by atoms with E-state index < -0.39 is 0 Å². The maximum atomic E-state index is 4.36. The summed E-state index contributed by atoms with van der Waals surface area (Å²) in [7, 11) is 0. The number of aryl methyl sites for hydroxylation is 2. The normalized spacial score (nSPS) is 12.5. The van der Waals surface area contributed by atoms with Gasteiger partial charge < -0.3 is 5.32 Å². The molecule has 1 unspecified atom stereocenters. The number of unbranched alkanes of at least 4 members (excludes halogenated alkanes) is 2. The van der Waals surface area contributed by atoms with Crippen LogP contribution < -0.4 is 5.32 Å². The number of nitrogens with one attached hydrogen (secondary N) is 1. The van der Waals surface area contributed by atoms with Crippen LogP contribution in [0.4, 0.5) is 5.95 Å². The molecule has 1 N–H and O–H groups in total. The smallest absolute Gasteiger partial charge is 0.243 e. The minimum Gasteiger partial charge on any atom is -0.350 e. The number of rotatable bonds is 6. The van der Waals surface area contributed by atoms with Gasteiger partial charge in [-0.3, -0.25) is 0 Å². The number of aromatic nitrogens is 3. The molecule has 0 aliphatic carbocycles. The summed E-state index contributed by atoms with van der Waals surface area (Å²) < 4.78 is 0. The Labute approximate surface area is 97.9 Å². The standard InChI is InChI=1S/C12H22N4/c1-5-6-7-8-9(2)13-12-14-10(3)11(4)15-16-12/h9H,5-8H2,1-4H3,(H,13,14,16). The highest BCUT2D eigenvalue weighted by Gasteiger charge is 2.05. The third kappa shape index (κ3) is 4.13. The highest BCUT2D eigenvalue weighted by molar-refractivity contribution is 5.25. The van der Waals surface area contributed by atoms with Crippen molar-refractivity contribution in [2.75, 3.05) is 5.32 Å². The predicted octanol–water partition coefficient (Wildman–Crippen LogP) is 2.87. The van der Waals surface area contributed by atoms with Crippen LogP contribution in [0.2, 0.25) is 0 Å². The second-order valence-corrected chi connectivity index (χ2v) is 4.35. The van der Waals surface area contributed by atoms with Crippen LogP contribution in [0.5, 0.6) is 0 Å². The molecule has 4 heteroatoms. The van der Waals surface area contributed by atoms with Gasteiger partial charge in [0.25, 0.3) is 0 Å². The zero-order valence-electron chi connectivity index (χ0n) is 10.7. The average Bonchev–Trinajstić information content (AvgIpc) is 2.24. The van der Waals surface area contributed by atoms with Gasteiger partial charge in [-0.05, 0) is 27.2 Å². The van der Waals surface area contributed by atoms with Crippen LogP contribution >= 0.6 is 0 Å². The van der Waals surface area contributed by atoms with Crippen LogP contribution in [0, 0.1) is 13.8 Å². The van der Waals surface area contributed by atoms with Crippen molar-refractivity contribution in [3.8, 4) is 0 Å². The van der Waals surface area contributed by atoms with Crippen molar-refractivity contribution in [3.05, 3.63) is 11.4 Å². The van der Waals surface area contributed by atoms with Gasteiger partial charge in [0.15, 0.2) is 0 Å². The van der Waals surface area contributed by atoms with Gasteiger partial charge in [0.05, 0.1) is 11.4 Å². The molecule has 90 valence electrons. The molecule has 0 aromatic carbocycles. The molecule has 1 rings (SSSR count). The molecule has 1 aromatic rings. The van der Waals surface area contributed by atoms with Crippen molar-refractivity contribution in [1.82, 2.24) is 15.2 Å². The summed E-state index contributed by atoms with van der Waals surface area (Å²) in [4.78, 5) is 4.36. The third-order valence-corrected chi connectivity index (χ3v) is 2.71. The molecule has 0 aliphatic heterocycles. The quantitative estimate of drug-likeness (QED) is 0.752. The molecule has 0 spiro atoms. The Morgan fingerprint density at radius 1 is 1.12 bits per heavy atom. The van der Waals surface area contributed by atoms with Crippen molar-refractivity contribution in [1.29, 1.82) is 0 Å². The Bertz CT molecular complexity index is 325. The largest absolute Gasteiger partial charge is 0.350 e. The van der Waals surface area contributed by atoms with Crippen molar-refractivity contribution in [2.24, 2.45) is 0 Å². The Morgan fingerprint density at radius 2 is 1.88 bits per heavy atom. The van der Waals surface area contributed by atoms with Crippen molar-refractivity contribution < 1.29 is 0 Å². The summed E-state index contributed by atoms with van der Waals surface area (Å²) in [6.45, 7) is 8.25. The van der Waals surface area contributed by atoms with Gasteiger partial charge in [-0.1, -0.05) is 26.2 Å². The van der Waals surface area contributed by atoms with Gasteiger partial charge in [0.1, 0.15) is 0 Å². The first kappa shape index (κ1) is 12.9. The Morgan fingerprint density at radius 3 is 2.50 bits per heavy atom. The molecule has 0 saturated heterocycles. The van der Waals surface area contributed by atoms with Crippen LogP contribution in [0.1, 0.15) is 50.9 Å². The summed E-state index contributed by atoms with van der Waals surface area (Å²) >= 11 is 0. The molecule has 16 heavy (non-hydrogen) atoms. The van der Waals surface area contributed by atoms with E-state index in [2.05, 4.69) is 34.3 Å². The number of nitrogens with zero attached hydrogens (tertiary/aromatic N) is 3. The lowest BCUT2D eigenvalue weighted by Crippen LogP contribution is -2.18. The van der Waals surface area contributed by atoms with E-state index in [0.717, 1.165) is 17.8 Å². The molecule has 0 aliphatic rings. The maximum Gasteiger partial charge on any atom is 0.243 e. The molecule has 0 bridgehead atoms. The fourth-order valence-corrected chi connectivity index (χ4v) is 1.51. The molecule has 1 aromatic heterocycles. The molecule has 0 fully saturated rings. The molecule has 1 atom stereocenters. The first-order valence-electron chi connectivity index (χ1n) is 6.08. The first-order chi connectivity index (χ1) is 7.63. The highest BCUT2D eigenvalue weighted by Crippen LogP contribution is 2.08. The number of anilines is 1. The zero-order chi connectivity index (χ0) is 12.0. The number of hydrogen-bond donors (Lipinski definition) is 1. The van der Waals surface area contributed by atoms with E-state index in [0.29, 0.717) is 12.0 Å². The maximum absolute atomic E-state index is 4.36. The van der Waals surface area contributed by atoms with Crippen molar-refractivity contribution in [2.45, 2.75) is 59.4 Å². The third-order valence-electron chi connectivity index (χ3n) is 2.71. The summed E-state index contributed by atoms with van der Waals surface area (Å²) in [6.07, 6.45) is 4.96. The monoisotopic (exact) mass is 222 g/mol. The zero-order valence-corrected chi connectivity index (χ0v) is 10.7. The van der Waals surface area contributed by atoms with Gasteiger partial charge in [-0.25, -0.2) is 4.98 Å². The van der Waals surface area contributed by atoms with Gasteiger partial charge in [-0.2, -0.15) is 5.10 Å². The van der Waals surface area contributed by atoms with E-state index in [1.807, 2.05) is 13.8 Å². The Kier molecular flexibility index (Phi) is 5.15. The molecule has 0 saturated carbocycles. The van der Waals surface area contributed by atoms with Crippen LogP contribution in [0.3, 0.4) is 0 Å². The summed E-state index contributed by atoms with van der Waals surface area (Å²) in [5.41, 5.74) is 1.84. The van der Waals surface area contributed by atoms with Gasteiger partial charge >= 0.3 is 0 Å². The molecular weight excluding hydrogens is 200 g/mol. The van der Waals surface area contributed by atoms with Crippen LogP contribution in [0.15, 0.2) is 0 Å². The average molecular weight is 222 g/mol. The van der Waals surface area contributed by atoms with E-state index in [1.165, 1.54) is 19.3 Å². The lowest BCUT2D eigenvalue weighted by Gasteiger charge is -2.13. The first-order valence-corrected chi connectivity index (χ1v) is 6.08. The van der Waals surface area contributed by atoms with Crippen LogP contribution in [-0.4, -0.2) is 21.2 Å². The number of hydrogen-bond acceptors (Lipinski definition) is 4. The van der Waals surface area contributed by atoms with E-state index in [-0.39, 0.29) is 0 Å². The molecule has 0 amide bonds. The molecule has 1 heterocycles. The Balaban J connectivity index is 2.43. The van der Waals surface area contributed by atoms with Crippen molar-refractivity contribution in [3.63, 3.8) is 0 Å². The molecule has 4 nitrogen and oxygen atoms in total. The SMILES string of the molecule is CCCCCC(C)Nc1nnc(C)c(C)n1. The van der Waals surface area contributed by atoms with Gasteiger partial charge in [0, 0.05) is 6.04 Å². The highest BCUT2D eigenvalue weighted by atomic mass is 15.2. The summed E-state index contributed by atoms with van der Waals surface area (Å²) in [5, 5.41) is 11.4. The lowest BCUT2D eigenvalue weighted by molar-refractivity contribution is 0.610. The lowest BCUT2D eigenvalue weighted by atomic mass is 10.1. The fourth-order valence-electron chi connectivity index (χ4n) is 1.51. The summed E-state index contributed by atoms with van der Waals surface area (Å²) in [5.74, 6) is 0.645. The van der Waals surface area contributed by atoms with E-state index in [4.69, 9.17) is 0 Å². The fraction of sp³-hybridized carbons (Fsp3) is 0.750. The predicted molar refractivity (Wildman–Crippen MR) is 66.5 cm³/mol. The molecule has 0 radical (unpaired) electrons. The topological polar surface area (TPSA) is 50.7 Å². The second-order valence-electron chi connectivity index (χ2n) is 4.35. The minimum absolute atomic E-state index is 0.412. The Hall–Kier alpha value is -1.19. The molecular formula is C12H22N4. The van der Waals surface area contributed by atoms with Crippen molar-refractivity contribution >= 4 is 5.95 Å². The van der Waals surface area contributed by atoms with Gasteiger partial charge in [0.2, 0.25) is 5.95 Å². The van der Waals surface area contributed by atoms with E-state index >= 15 is 0 Å². The minimum atomic E-state index is 0.412. The van der Waals surface area contributed by atoms with E-state index in [9.17, 15) is 0 Å². The van der Waals surface area contributed by atoms with Crippen LogP contribution in [-0.2, 0) is 0 Å². The van der Waals surface area contributed by atoms with Gasteiger partial charge in [-0.15, -0.1) is 5.10 Å². The van der Waals surface area contributed by atoms with Crippen LogP contribution in [0.25, 0.3) is 0 Å². The summed E-state index contributed by atoms with van der Waals surface area (Å²) in [6, 6.07) is 0.412. The van der Waals surface area contributed by atoms with E-state index in [1.54, 1.807) is 0 Å².